The Bertz CT molecular complexity index is 901. The van der Waals surface area contributed by atoms with E-state index in [1.165, 1.54) is 6.07 Å². The number of nitrogens with one attached hydrogen (secondary N) is 1. The number of carbonyl (C=O) groups excluding carboxylic acids is 1. The Balaban J connectivity index is 1.58. The molecule has 4 nitrogen and oxygen atoms in total. The van der Waals surface area contributed by atoms with Gasteiger partial charge in [-0.25, -0.2) is 13.8 Å². The number of rotatable bonds is 6. The van der Waals surface area contributed by atoms with Crippen molar-refractivity contribution in [2.45, 2.75) is 13.2 Å². The van der Waals surface area contributed by atoms with Gasteiger partial charge >= 0.3 is 0 Å². The number of nitrogens with zero attached hydrogens (tertiary/aromatic N) is 1. The van der Waals surface area contributed by atoms with Crippen LogP contribution in [-0.4, -0.2) is 10.9 Å². The van der Waals surface area contributed by atoms with Crippen molar-refractivity contribution < 1.29 is 18.3 Å². The standard InChI is InChI=1S/C20H16F2N2O2/c21-17-7-6-16(11-18(17)22)20(25)24-12-15-8-9-23-19(10-15)26-13-14-4-2-1-3-5-14/h1-11H,12-13H2,(H,24,25). The minimum absolute atomic E-state index is 0.0542. The molecule has 1 aromatic heterocycles. The monoisotopic (exact) mass is 354 g/mol. The molecule has 0 aliphatic heterocycles. The lowest BCUT2D eigenvalue weighted by molar-refractivity contribution is 0.0950. The summed E-state index contributed by atoms with van der Waals surface area (Å²) in [4.78, 5) is 16.2. The van der Waals surface area contributed by atoms with Crippen LogP contribution in [0.1, 0.15) is 21.5 Å². The number of pyridine rings is 1. The molecule has 0 saturated carbocycles. The first-order valence-corrected chi connectivity index (χ1v) is 7.97. The first-order chi connectivity index (χ1) is 12.6. The number of hydrogen-bond donors (Lipinski definition) is 1. The summed E-state index contributed by atoms with van der Waals surface area (Å²) in [5, 5.41) is 2.65. The van der Waals surface area contributed by atoms with Crippen molar-refractivity contribution in [1.82, 2.24) is 10.3 Å². The van der Waals surface area contributed by atoms with E-state index in [2.05, 4.69) is 10.3 Å². The fraction of sp³-hybridized carbons (Fsp3) is 0.100. The number of hydrogen-bond acceptors (Lipinski definition) is 3. The molecule has 0 aliphatic rings. The lowest BCUT2D eigenvalue weighted by Crippen LogP contribution is -2.23. The molecule has 0 bridgehead atoms. The van der Waals surface area contributed by atoms with Crippen molar-refractivity contribution >= 4 is 5.91 Å². The van der Waals surface area contributed by atoms with E-state index in [1.807, 2.05) is 30.3 Å². The molecular formula is C20H16F2N2O2. The van der Waals surface area contributed by atoms with Crippen molar-refractivity contribution in [1.29, 1.82) is 0 Å². The summed E-state index contributed by atoms with van der Waals surface area (Å²) in [5.74, 6) is -2.10. The average Bonchev–Trinajstić information content (AvgIpc) is 2.68. The number of aromatic nitrogens is 1. The van der Waals surface area contributed by atoms with Crippen LogP contribution in [0.25, 0.3) is 0 Å². The van der Waals surface area contributed by atoms with E-state index in [9.17, 15) is 13.6 Å². The van der Waals surface area contributed by atoms with Gasteiger partial charge in [-0.2, -0.15) is 0 Å². The molecule has 0 aliphatic carbocycles. The summed E-state index contributed by atoms with van der Waals surface area (Å²) in [6.45, 7) is 0.598. The van der Waals surface area contributed by atoms with Crippen LogP contribution in [0.15, 0.2) is 66.9 Å². The van der Waals surface area contributed by atoms with Crippen LogP contribution in [-0.2, 0) is 13.2 Å². The van der Waals surface area contributed by atoms with Gasteiger partial charge in [-0.05, 0) is 35.4 Å². The van der Waals surface area contributed by atoms with Gasteiger partial charge in [-0.3, -0.25) is 4.79 Å². The van der Waals surface area contributed by atoms with E-state index < -0.39 is 17.5 Å². The molecule has 3 rings (SSSR count). The van der Waals surface area contributed by atoms with E-state index in [4.69, 9.17) is 4.74 Å². The smallest absolute Gasteiger partial charge is 0.251 e. The maximum Gasteiger partial charge on any atom is 0.251 e. The van der Waals surface area contributed by atoms with Crippen LogP contribution in [0, 0.1) is 11.6 Å². The second-order valence-electron chi connectivity index (χ2n) is 5.59. The molecule has 3 aromatic rings. The van der Waals surface area contributed by atoms with Crippen LogP contribution < -0.4 is 10.1 Å². The van der Waals surface area contributed by atoms with E-state index in [-0.39, 0.29) is 12.1 Å². The molecule has 0 fully saturated rings. The maximum atomic E-state index is 13.2. The summed E-state index contributed by atoms with van der Waals surface area (Å²) >= 11 is 0. The number of amides is 1. The number of benzene rings is 2. The molecule has 6 heteroatoms. The van der Waals surface area contributed by atoms with Gasteiger partial charge in [0.1, 0.15) is 6.61 Å². The minimum atomic E-state index is -1.06. The summed E-state index contributed by atoms with van der Waals surface area (Å²) < 4.78 is 31.8. The van der Waals surface area contributed by atoms with Crippen LogP contribution in [0.5, 0.6) is 5.88 Å². The largest absolute Gasteiger partial charge is 0.473 e. The highest BCUT2D eigenvalue weighted by molar-refractivity contribution is 5.94. The molecule has 0 atom stereocenters. The second-order valence-corrected chi connectivity index (χ2v) is 5.59. The Labute approximate surface area is 149 Å². The van der Waals surface area contributed by atoms with Crippen molar-refractivity contribution in [3.05, 3.63) is 95.2 Å². The van der Waals surface area contributed by atoms with Crippen molar-refractivity contribution in [3.63, 3.8) is 0 Å². The fourth-order valence-corrected chi connectivity index (χ4v) is 2.29. The number of carbonyl (C=O) groups is 1. The molecule has 0 unspecified atom stereocenters. The molecule has 1 heterocycles. The summed E-state index contributed by atoms with van der Waals surface area (Å²) in [5.41, 5.74) is 1.85. The normalized spacial score (nSPS) is 10.4. The maximum absolute atomic E-state index is 13.2. The molecule has 1 N–H and O–H groups in total. The Morgan fingerprint density at radius 2 is 1.77 bits per heavy atom. The van der Waals surface area contributed by atoms with Gasteiger partial charge in [0.25, 0.3) is 5.91 Å². The zero-order chi connectivity index (χ0) is 18.4. The first-order valence-electron chi connectivity index (χ1n) is 7.97. The van der Waals surface area contributed by atoms with Gasteiger partial charge < -0.3 is 10.1 Å². The third-order valence-corrected chi connectivity index (χ3v) is 3.66. The molecule has 132 valence electrons. The average molecular weight is 354 g/mol. The Morgan fingerprint density at radius 1 is 0.962 bits per heavy atom. The third-order valence-electron chi connectivity index (χ3n) is 3.66. The van der Waals surface area contributed by atoms with Crippen molar-refractivity contribution in [2.75, 3.05) is 0 Å². The third kappa shape index (κ3) is 4.63. The molecular weight excluding hydrogens is 338 g/mol. The SMILES string of the molecule is O=C(NCc1ccnc(OCc2ccccc2)c1)c1ccc(F)c(F)c1. The topological polar surface area (TPSA) is 51.2 Å². The Morgan fingerprint density at radius 3 is 2.54 bits per heavy atom. The molecule has 1 amide bonds. The van der Waals surface area contributed by atoms with E-state index in [0.29, 0.717) is 12.5 Å². The Hall–Kier alpha value is -3.28. The lowest BCUT2D eigenvalue weighted by atomic mass is 10.2. The fourth-order valence-electron chi connectivity index (χ4n) is 2.29. The number of ether oxygens (including phenoxy) is 1. The van der Waals surface area contributed by atoms with Gasteiger partial charge in [0.05, 0.1) is 0 Å². The number of halogens is 2. The quantitative estimate of drug-likeness (QED) is 0.731. The molecule has 0 saturated heterocycles. The first kappa shape index (κ1) is 17.5. The van der Waals surface area contributed by atoms with Gasteiger partial charge in [0.2, 0.25) is 5.88 Å². The van der Waals surface area contributed by atoms with Crippen LogP contribution in [0.3, 0.4) is 0 Å². The highest BCUT2D eigenvalue weighted by atomic mass is 19.2. The highest BCUT2D eigenvalue weighted by Crippen LogP contribution is 2.13. The van der Waals surface area contributed by atoms with Crippen molar-refractivity contribution in [2.24, 2.45) is 0 Å². The molecule has 26 heavy (non-hydrogen) atoms. The molecule has 0 radical (unpaired) electrons. The minimum Gasteiger partial charge on any atom is -0.473 e. The summed E-state index contributed by atoms with van der Waals surface area (Å²) in [6.07, 6.45) is 1.58. The highest BCUT2D eigenvalue weighted by Gasteiger charge is 2.09. The van der Waals surface area contributed by atoms with Gasteiger partial charge in [0, 0.05) is 24.4 Å². The second kappa shape index (κ2) is 8.20. The zero-order valence-corrected chi connectivity index (χ0v) is 13.8. The molecule has 2 aromatic carbocycles. The summed E-state index contributed by atoms with van der Waals surface area (Å²) in [6, 6.07) is 16.2. The predicted octanol–water partition coefficient (Wildman–Crippen LogP) is 3.87. The van der Waals surface area contributed by atoms with Crippen LogP contribution in [0.4, 0.5) is 8.78 Å². The van der Waals surface area contributed by atoms with Gasteiger partial charge in [0.15, 0.2) is 11.6 Å². The van der Waals surface area contributed by atoms with Crippen molar-refractivity contribution in [3.8, 4) is 5.88 Å². The zero-order valence-electron chi connectivity index (χ0n) is 13.8. The lowest BCUT2D eigenvalue weighted by Gasteiger charge is -2.08. The van der Waals surface area contributed by atoms with E-state index in [1.54, 1.807) is 18.3 Å². The predicted molar refractivity (Wildman–Crippen MR) is 92.5 cm³/mol. The summed E-state index contributed by atoms with van der Waals surface area (Å²) in [7, 11) is 0. The van der Waals surface area contributed by atoms with Gasteiger partial charge in [-0.1, -0.05) is 30.3 Å². The van der Waals surface area contributed by atoms with E-state index >= 15 is 0 Å². The van der Waals surface area contributed by atoms with Crippen LogP contribution in [0.2, 0.25) is 0 Å². The van der Waals surface area contributed by atoms with Crippen LogP contribution >= 0.6 is 0 Å². The van der Waals surface area contributed by atoms with Gasteiger partial charge in [-0.15, -0.1) is 0 Å². The Kier molecular flexibility index (Phi) is 5.53. The molecule has 0 spiro atoms. The van der Waals surface area contributed by atoms with E-state index in [0.717, 1.165) is 23.3 Å².